The Morgan fingerprint density at radius 1 is 0.692 bits per heavy atom. The number of Topliss-reactive ketones (excluding diaryl/α,β-unsaturated/α-hetero) is 1. The van der Waals surface area contributed by atoms with Crippen molar-refractivity contribution in [3.8, 4) is 46.0 Å². The maximum atomic E-state index is 14.1. The molecular weight excluding hydrogens is 504 g/mol. The number of benzene rings is 4. The summed E-state index contributed by atoms with van der Waals surface area (Å²) in [5.41, 5.74) is 1.77. The molecule has 0 spiro atoms. The summed E-state index contributed by atoms with van der Waals surface area (Å²) in [5.74, 6) is -2.90. The molecule has 198 valence electrons. The molecule has 0 radical (unpaired) electrons. The van der Waals surface area contributed by atoms with E-state index >= 15 is 0 Å². The van der Waals surface area contributed by atoms with E-state index in [4.69, 9.17) is 9.47 Å². The standard InChI is InChI=1S/C30H24O9/c31-16-5-1-14(2-6-16)23-10-9-19-20(34)13-24-26(30(19)38-23)27(29(39-24)15-3-7-17(32)8-4-15)28(37)25-21(35)11-18(33)12-22(25)36/h1-8,11-13,23,27,29,31-36H,9-10H2/t23-,27-,29+/m0/s1. The van der Waals surface area contributed by atoms with Gasteiger partial charge in [-0.15, -0.1) is 0 Å². The number of carbonyl (C=O) groups excluding carboxylic acids is 1. The Balaban J connectivity index is 1.52. The van der Waals surface area contributed by atoms with E-state index in [9.17, 15) is 35.4 Å². The summed E-state index contributed by atoms with van der Waals surface area (Å²) in [6, 6.07) is 16.0. The van der Waals surface area contributed by atoms with Gasteiger partial charge in [-0.1, -0.05) is 24.3 Å². The molecule has 6 rings (SSSR count). The van der Waals surface area contributed by atoms with Crippen LogP contribution in [0, 0.1) is 0 Å². The lowest BCUT2D eigenvalue weighted by Gasteiger charge is -2.29. The first-order valence-corrected chi connectivity index (χ1v) is 12.3. The molecule has 39 heavy (non-hydrogen) atoms. The van der Waals surface area contributed by atoms with E-state index in [1.165, 1.54) is 18.2 Å². The maximum absolute atomic E-state index is 14.1. The summed E-state index contributed by atoms with van der Waals surface area (Å²) in [7, 11) is 0. The van der Waals surface area contributed by atoms with E-state index in [1.54, 1.807) is 36.4 Å². The number of ether oxygens (including phenoxy) is 2. The molecule has 9 heteroatoms. The SMILES string of the molecule is O=C(c1c(O)cc(O)cc1O)[C@@H]1c2c(cc(O)c3c2O[C@H](c2ccc(O)cc2)CC3)O[C@@H]1c1ccc(O)cc1. The fraction of sp³-hybridized carbons (Fsp3) is 0.167. The summed E-state index contributed by atoms with van der Waals surface area (Å²) >= 11 is 0. The van der Waals surface area contributed by atoms with Crippen molar-refractivity contribution in [1.29, 1.82) is 0 Å². The second kappa shape index (κ2) is 9.05. The molecule has 3 atom stereocenters. The van der Waals surface area contributed by atoms with Gasteiger partial charge in [0.05, 0.1) is 11.5 Å². The monoisotopic (exact) mass is 528 g/mol. The van der Waals surface area contributed by atoms with E-state index in [0.717, 1.165) is 17.7 Å². The van der Waals surface area contributed by atoms with E-state index in [0.29, 0.717) is 29.5 Å². The molecule has 0 saturated heterocycles. The molecule has 0 fully saturated rings. The van der Waals surface area contributed by atoms with Gasteiger partial charge in [0.1, 0.15) is 63.8 Å². The molecule has 6 N–H and O–H groups in total. The third-order valence-electron chi connectivity index (χ3n) is 7.24. The number of phenols is 6. The van der Waals surface area contributed by atoms with Crippen LogP contribution < -0.4 is 9.47 Å². The van der Waals surface area contributed by atoms with Gasteiger partial charge >= 0.3 is 0 Å². The van der Waals surface area contributed by atoms with Crippen LogP contribution in [0.2, 0.25) is 0 Å². The predicted octanol–water partition coefficient (Wildman–Crippen LogP) is 5.09. The van der Waals surface area contributed by atoms with Crippen LogP contribution in [0.15, 0.2) is 66.7 Å². The van der Waals surface area contributed by atoms with Crippen LogP contribution in [0.4, 0.5) is 0 Å². The highest BCUT2D eigenvalue weighted by molar-refractivity contribution is 6.07. The summed E-state index contributed by atoms with van der Waals surface area (Å²) in [6.07, 6.45) is -0.433. The highest BCUT2D eigenvalue weighted by Gasteiger charge is 2.47. The largest absolute Gasteiger partial charge is 0.508 e. The van der Waals surface area contributed by atoms with Crippen LogP contribution >= 0.6 is 0 Å². The van der Waals surface area contributed by atoms with Gasteiger partial charge in [-0.3, -0.25) is 4.79 Å². The van der Waals surface area contributed by atoms with Gasteiger partial charge in [0.15, 0.2) is 5.78 Å². The number of hydrogen-bond donors (Lipinski definition) is 6. The number of ketones is 1. The van der Waals surface area contributed by atoms with Crippen molar-refractivity contribution in [2.75, 3.05) is 0 Å². The molecule has 0 unspecified atom stereocenters. The quantitative estimate of drug-likeness (QED) is 0.199. The lowest BCUT2D eigenvalue weighted by atomic mass is 9.82. The minimum Gasteiger partial charge on any atom is -0.508 e. The Morgan fingerprint density at radius 2 is 1.28 bits per heavy atom. The van der Waals surface area contributed by atoms with Crippen molar-refractivity contribution in [2.45, 2.75) is 31.0 Å². The average molecular weight is 529 g/mol. The molecule has 0 aromatic heterocycles. The van der Waals surface area contributed by atoms with Gasteiger partial charge < -0.3 is 40.1 Å². The molecule has 2 heterocycles. The molecule has 2 aliphatic rings. The molecule has 0 bridgehead atoms. The Hall–Kier alpha value is -5.05. The van der Waals surface area contributed by atoms with Gasteiger partial charge in [0.25, 0.3) is 0 Å². The van der Waals surface area contributed by atoms with E-state index in [-0.39, 0.29) is 28.7 Å². The topological polar surface area (TPSA) is 157 Å². The molecule has 2 aliphatic heterocycles. The second-order valence-electron chi connectivity index (χ2n) is 9.68. The Morgan fingerprint density at radius 3 is 1.90 bits per heavy atom. The van der Waals surface area contributed by atoms with Crippen LogP contribution in [0.1, 0.15) is 57.2 Å². The van der Waals surface area contributed by atoms with Crippen molar-refractivity contribution < 1.29 is 44.9 Å². The van der Waals surface area contributed by atoms with Crippen LogP contribution in [-0.4, -0.2) is 36.4 Å². The van der Waals surface area contributed by atoms with Gasteiger partial charge in [-0.05, 0) is 48.2 Å². The smallest absolute Gasteiger partial charge is 0.182 e. The van der Waals surface area contributed by atoms with Crippen LogP contribution in [0.3, 0.4) is 0 Å². The van der Waals surface area contributed by atoms with Gasteiger partial charge in [0, 0.05) is 23.8 Å². The average Bonchev–Trinajstić information content (AvgIpc) is 3.28. The molecule has 0 aliphatic carbocycles. The number of rotatable bonds is 4. The number of aromatic hydroxyl groups is 6. The zero-order valence-corrected chi connectivity index (χ0v) is 20.4. The lowest BCUT2D eigenvalue weighted by molar-refractivity contribution is 0.0886. The highest BCUT2D eigenvalue weighted by atomic mass is 16.5. The molecule has 0 amide bonds. The van der Waals surface area contributed by atoms with Gasteiger partial charge in [0.2, 0.25) is 0 Å². The molecule has 9 nitrogen and oxygen atoms in total. The lowest BCUT2D eigenvalue weighted by Crippen LogP contribution is -2.22. The first-order chi connectivity index (χ1) is 18.7. The highest BCUT2D eigenvalue weighted by Crippen LogP contribution is 2.57. The summed E-state index contributed by atoms with van der Waals surface area (Å²) < 4.78 is 12.6. The minimum atomic E-state index is -1.13. The summed E-state index contributed by atoms with van der Waals surface area (Å²) in [5, 5.41) is 61.2. The van der Waals surface area contributed by atoms with Crippen LogP contribution in [0.5, 0.6) is 46.0 Å². The minimum absolute atomic E-state index is 0.0149. The van der Waals surface area contributed by atoms with E-state index < -0.39 is 46.7 Å². The molecule has 4 aromatic rings. The Labute approximate surface area is 222 Å². The molecule has 4 aromatic carbocycles. The third-order valence-corrected chi connectivity index (χ3v) is 7.24. The zero-order chi connectivity index (χ0) is 27.4. The first-order valence-electron chi connectivity index (χ1n) is 12.3. The van der Waals surface area contributed by atoms with Gasteiger partial charge in [-0.25, -0.2) is 0 Å². The van der Waals surface area contributed by atoms with Crippen molar-refractivity contribution in [2.24, 2.45) is 0 Å². The molecular formula is C30H24O9. The normalized spacial score (nSPS) is 19.4. The third kappa shape index (κ3) is 4.08. The predicted molar refractivity (Wildman–Crippen MR) is 138 cm³/mol. The van der Waals surface area contributed by atoms with Crippen molar-refractivity contribution >= 4 is 5.78 Å². The van der Waals surface area contributed by atoms with Crippen molar-refractivity contribution in [3.05, 3.63) is 94.5 Å². The number of fused-ring (bicyclic) bond motifs is 3. The molecule has 0 saturated carbocycles. The van der Waals surface area contributed by atoms with Crippen molar-refractivity contribution in [1.82, 2.24) is 0 Å². The van der Waals surface area contributed by atoms with Crippen LogP contribution in [0.25, 0.3) is 0 Å². The first kappa shape index (κ1) is 24.3. The fourth-order valence-corrected chi connectivity index (χ4v) is 5.40. The maximum Gasteiger partial charge on any atom is 0.182 e. The summed E-state index contributed by atoms with van der Waals surface area (Å²) in [4.78, 5) is 14.1. The summed E-state index contributed by atoms with van der Waals surface area (Å²) in [6.45, 7) is 0. The van der Waals surface area contributed by atoms with Gasteiger partial charge in [-0.2, -0.15) is 0 Å². The van der Waals surface area contributed by atoms with Crippen LogP contribution in [-0.2, 0) is 6.42 Å². The second-order valence-corrected chi connectivity index (χ2v) is 9.68. The number of carbonyl (C=O) groups is 1. The van der Waals surface area contributed by atoms with E-state index in [2.05, 4.69) is 0 Å². The zero-order valence-electron chi connectivity index (χ0n) is 20.4. The Kier molecular flexibility index (Phi) is 5.64. The number of hydrogen-bond acceptors (Lipinski definition) is 9. The number of phenolic OH excluding ortho intramolecular Hbond substituents is 6. The Bertz CT molecular complexity index is 1570. The fourth-order valence-electron chi connectivity index (χ4n) is 5.40. The van der Waals surface area contributed by atoms with E-state index in [1.807, 2.05) is 0 Å². The van der Waals surface area contributed by atoms with Crippen molar-refractivity contribution in [3.63, 3.8) is 0 Å².